The Balaban J connectivity index is 1.22. The number of allylic oxidation sites excluding steroid dienone is 12. The minimum atomic E-state index is -1.69. The van der Waals surface area contributed by atoms with Crippen molar-refractivity contribution in [2.24, 2.45) is 22.9 Å². The third-order valence-corrected chi connectivity index (χ3v) is 16.1. The summed E-state index contributed by atoms with van der Waals surface area (Å²) in [4.78, 5) is 31.4. The number of aliphatic hydroxyl groups is 9. The Hall–Kier alpha value is -5.69. The Morgan fingerprint density at radius 3 is 1.87 bits per heavy atom. The van der Waals surface area contributed by atoms with Crippen molar-refractivity contribution in [1.82, 2.24) is 5.32 Å². The molecule has 10 N–H and O–H groups in total. The highest BCUT2D eigenvalue weighted by Gasteiger charge is 2.50. The maximum Gasteiger partial charge on any atom is 0.407 e. The van der Waals surface area contributed by atoms with Gasteiger partial charge in [-0.15, -0.1) is 0 Å². The summed E-state index contributed by atoms with van der Waals surface area (Å²) < 4.78 is 36.5. The van der Waals surface area contributed by atoms with Gasteiger partial charge < -0.3 is 84.5 Å². The molecule has 2 aromatic carbocycles. The minimum Gasteiger partial charge on any atom is -0.462 e. The largest absolute Gasteiger partial charge is 0.462 e. The van der Waals surface area contributed by atoms with Gasteiger partial charge in [0.1, 0.15) is 32.0 Å². The van der Waals surface area contributed by atoms with Crippen molar-refractivity contribution in [3.05, 3.63) is 145 Å². The summed E-state index contributed by atoms with van der Waals surface area (Å²) >= 11 is 0. The van der Waals surface area contributed by atoms with Crippen LogP contribution in [0, 0.1) is 17.8 Å². The lowest BCUT2D eigenvalue weighted by molar-refractivity contribution is -0.313. The van der Waals surface area contributed by atoms with Crippen molar-refractivity contribution >= 4 is 18.3 Å². The van der Waals surface area contributed by atoms with Crippen molar-refractivity contribution < 1.29 is 88.8 Å². The fraction of sp³-hybridized carbons (Fsp3) is 0.547. The second-order valence-corrected chi connectivity index (χ2v) is 22.3. The van der Waals surface area contributed by atoms with E-state index in [0.717, 1.165) is 22.3 Å². The Kier molecular flexibility index (Phi) is 26.7. The number of alkyl carbamates (subject to hydrolysis) is 1. The van der Waals surface area contributed by atoms with Gasteiger partial charge in [-0.3, -0.25) is 4.79 Å². The molecule has 2 bridgehead atoms. The lowest BCUT2D eigenvalue weighted by Gasteiger charge is -2.47. The smallest absolute Gasteiger partial charge is 0.407 e. The van der Waals surface area contributed by atoms with Crippen molar-refractivity contribution in [2.75, 3.05) is 20.8 Å². The molecule has 0 aromatic heterocycles. The fourth-order valence-corrected chi connectivity index (χ4v) is 11.1. The Labute approximate surface area is 492 Å². The summed E-state index contributed by atoms with van der Waals surface area (Å²) in [6, 6.07) is 14.5. The van der Waals surface area contributed by atoms with Gasteiger partial charge in [-0.1, -0.05) is 153 Å². The van der Waals surface area contributed by atoms with Crippen LogP contribution < -0.4 is 5.32 Å². The summed E-state index contributed by atoms with van der Waals surface area (Å²) in [6.45, 7) is 6.82. The molecule has 3 aliphatic heterocycles. The number of hydrogen-bond acceptors (Lipinski definition) is 19. The zero-order chi connectivity index (χ0) is 60.9. The standard InChI is InChI=1S/C64H88N2O18/c1-39-23-17-15-13-11-9-7-8-10-12-14-16-18-24-46(83-62-61(76)58(60(75)42(4)82-62)66-63(77)80-38-52-49-27-21-19-25-47(49)48-26-20-22-28-50(48)52)34-56-51(37-65-79-6)55(72)36-64(78-5,84-56)35-45(69)32-54(71)53(70)30-29-43(67)31-44(68)33-57(73)81-41(3)40(2)59(39)74/h7-28,37,39-46,51-56,58-62,67-72,74-76H,29-36,38H2,1-6H3,(H,66,77)/b8-7?,11-9?,12-10?,15-13?,16-14?,23-17?,24-18?,65-37-/t39-,40-,41-,42+,43+,44+,45-,46-,51+,53+,54+,55-,56-,58-,59+,60+,61-,62-,64+/m0/s1. The molecule has 1 amide bonds. The van der Waals surface area contributed by atoms with Crippen LogP contribution in [0.25, 0.3) is 11.1 Å². The number of fused-ring (bicyclic) bond motifs is 5. The highest BCUT2D eigenvalue weighted by Crippen LogP contribution is 2.45. The molecule has 0 spiro atoms. The Bertz CT molecular complexity index is 2570. The van der Waals surface area contributed by atoms with Crippen LogP contribution in [0.5, 0.6) is 0 Å². The van der Waals surface area contributed by atoms with Crippen LogP contribution in [0.2, 0.25) is 0 Å². The number of nitrogens with zero attached hydrogens (tertiary/aromatic N) is 1. The predicted octanol–water partition coefficient (Wildman–Crippen LogP) is 5.49. The zero-order valence-corrected chi connectivity index (χ0v) is 48.8. The Morgan fingerprint density at radius 2 is 1.26 bits per heavy atom. The van der Waals surface area contributed by atoms with Crippen molar-refractivity contribution in [1.29, 1.82) is 0 Å². The number of ether oxygens (including phenoxy) is 6. The predicted molar refractivity (Wildman–Crippen MR) is 314 cm³/mol. The molecule has 1 aliphatic carbocycles. The third-order valence-electron chi connectivity index (χ3n) is 16.1. The highest BCUT2D eigenvalue weighted by atomic mass is 16.7. The molecule has 4 aliphatic rings. The number of aliphatic hydroxyl groups excluding tert-OH is 9. The van der Waals surface area contributed by atoms with E-state index in [-0.39, 0.29) is 63.4 Å². The van der Waals surface area contributed by atoms with Gasteiger partial charge in [0, 0.05) is 50.5 Å². The van der Waals surface area contributed by atoms with Gasteiger partial charge in [-0.2, -0.15) is 0 Å². The van der Waals surface area contributed by atoms with Gasteiger partial charge in [0.2, 0.25) is 0 Å². The molecule has 462 valence electrons. The SMILES string of the molecule is CO/N=C\[C@H]1[C@@H]2C[C@@H](O[C@@H]3O[C@H](C)[C@@H](O)[C@H](NC(=O)OCC4c5ccccc5-c5ccccc54)[C@@H]3O)C=CC=CC=CC=CC=CC=CC=C[C@H](C)[C@@H](O)[C@@H](C)[C@H](C)OC(=O)C[C@H](O)C[C@H](O)CC[C@@H](O)[C@H](O)C[C@H](O)C[C@](OC)(C[C@@H]1O)O2. The summed E-state index contributed by atoms with van der Waals surface area (Å²) in [5.41, 5.74) is 4.11. The first-order valence-corrected chi connectivity index (χ1v) is 29.0. The average Bonchev–Trinajstić information content (AvgIpc) is 2.14. The van der Waals surface area contributed by atoms with Crippen LogP contribution in [-0.4, -0.2) is 183 Å². The van der Waals surface area contributed by atoms with E-state index in [9.17, 15) is 55.5 Å². The number of hydrogen-bond donors (Lipinski definition) is 10. The van der Waals surface area contributed by atoms with E-state index in [0.29, 0.717) is 0 Å². The van der Waals surface area contributed by atoms with E-state index >= 15 is 0 Å². The maximum absolute atomic E-state index is 13.6. The lowest BCUT2D eigenvalue weighted by atomic mass is 9.83. The quantitative estimate of drug-likeness (QED) is 0.0887. The second kappa shape index (κ2) is 33.3. The molecule has 3 heterocycles. The highest BCUT2D eigenvalue weighted by molar-refractivity contribution is 5.79. The van der Waals surface area contributed by atoms with Crippen molar-refractivity contribution in [3.63, 3.8) is 0 Å². The average molecular weight is 1170 g/mol. The van der Waals surface area contributed by atoms with Crippen LogP contribution in [0.1, 0.15) is 96.1 Å². The summed E-state index contributed by atoms with van der Waals surface area (Å²) in [6.07, 6.45) is 6.82. The first-order valence-electron chi connectivity index (χ1n) is 29.0. The van der Waals surface area contributed by atoms with Crippen LogP contribution in [0.3, 0.4) is 0 Å². The van der Waals surface area contributed by atoms with Gasteiger partial charge >= 0.3 is 12.1 Å². The monoisotopic (exact) mass is 1170 g/mol. The molecular weight excluding hydrogens is 1080 g/mol. The first-order chi connectivity index (χ1) is 40.2. The van der Waals surface area contributed by atoms with Crippen LogP contribution >= 0.6 is 0 Å². The number of carbonyl (C=O) groups is 2. The third kappa shape index (κ3) is 19.4. The molecule has 2 saturated heterocycles. The van der Waals surface area contributed by atoms with Gasteiger partial charge in [0.15, 0.2) is 12.1 Å². The number of methoxy groups -OCH3 is 1. The summed E-state index contributed by atoms with van der Waals surface area (Å²) in [5.74, 6) is -4.25. The zero-order valence-electron chi connectivity index (χ0n) is 48.8. The summed E-state index contributed by atoms with van der Waals surface area (Å²) in [7, 11) is 2.67. The number of amides is 1. The second-order valence-electron chi connectivity index (χ2n) is 22.3. The van der Waals surface area contributed by atoms with Crippen LogP contribution in [-0.2, 0) is 38.1 Å². The van der Waals surface area contributed by atoms with E-state index in [4.69, 9.17) is 33.3 Å². The molecule has 0 radical (unpaired) electrons. The van der Waals surface area contributed by atoms with E-state index in [2.05, 4.69) is 10.5 Å². The Morgan fingerprint density at radius 1 is 0.667 bits per heavy atom. The maximum atomic E-state index is 13.6. The molecule has 6 rings (SSSR count). The fourth-order valence-electron chi connectivity index (χ4n) is 11.1. The molecule has 2 fully saturated rings. The lowest BCUT2D eigenvalue weighted by Crippen LogP contribution is -2.64. The van der Waals surface area contributed by atoms with Crippen molar-refractivity contribution in [3.8, 4) is 11.1 Å². The molecule has 20 nitrogen and oxygen atoms in total. The number of benzene rings is 2. The van der Waals surface area contributed by atoms with Crippen LogP contribution in [0.15, 0.2) is 139 Å². The van der Waals surface area contributed by atoms with E-state index in [1.807, 2.05) is 110 Å². The van der Waals surface area contributed by atoms with Crippen LogP contribution in [0.4, 0.5) is 4.79 Å². The molecular formula is C64H88N2O18. The van der Waals surface area contributed by atoms with Gasteiger partial charge in [-0.05, 0) is 55.4 Å². The molecule has 0 unspecified atom stereocenters. The summed E-state index contributed by atoms with van der Waals surface area (Å²) in [5, 5.41) is 108. The molecule has 19 atom stereocenters. The number of oxime groups is 1. The number of rotatable bonds is 8. The molecule has 84 heavy (non-hydrogen) atoms. The number of carbonyl (C=O) groups excluding carboxylic acids is 2. The van der Waals surface area contributed by atoms with Gasteiger partial charge in [0.05, 0.1) is 85.6 Å². The number of cyclic esters (lactones) is 1. The van der Waals surface area contributed by atoms with Crippen molar-refractivity contribution in [2.45, 2.75) is 182 Å². The molecule has 2 aromatic rings. The topological polar surface area (TPSA) is 305 Å². The minimum absolute atomic E-state index is 0.0151. The number of nitrogens with one attached hydrogen (secondary N) is 1. The molecule has 0 saturated carbocycles. The number of esters is 1. The first kappa shape index (κ1) is 67.4. The van der Waals surface area contributed by atoms with Gasteiger partial charge in [0.25, 0.3) is 0 Å². The normalized spacial score (nSPS) is 35.7. The van der Waals surface area contributed by atoms with Gasteiger partial charge in [-0.25, -0.2) is 4.79 Å². The molecule has 20 heteroatoms. The van der Waals surface area contributed by atoms with E-state index in [1.165, 1.54) is 20.4 Å². The van der Waals surface area contributed by atoms with E-state index in [1.54, 1.807) is 51.2 Å². The van der Waals surface area contributed by atoms with E-state index < -0.39 is 128 Å².